The summed E-state index contributed by atoms with van der Waals surface area (Å²) >= 11 is 0. The average Bonchev–Trinajstić information content (AvgIpc) is 3.66. The van der Waals surface area contributed by atoms with Crippen LogP contribution in [0.4, 0.5) is 0 Å². The van der Waals surface area contributed by atoms with E-state index in [1.165, 1.54) is 16.5 Å². The summed E-state index contributed by atoms with van der Waals surface area (Å²) in [5.41, 5.74) is 1.37. The lowest BCUT2D eigenvalue weighted by Crippen LogP contribution is -2.53. The van der Waals surface area contributed by atoms with Crippen molar-refractivity contribution in [1.29, 1.82) is 0 Å². The molecule has 5 heterocycles. The third-order valence-electron chi connectivity index (χ3n) is 9.11. The van der Waals surface area contributed by atoms with Gasteiger partial charge in [0.15, 0.2) is 0 Å². The minimum atomic E-state index is -1.07. The summed E-state index contributed by atoms with van der Waals surface area (Å²) in [5, 5.41) is 13.0. The number of carbonyl (C=O) groups excluding carboxylic acids is 1. The quantitative estimate of drug-likeness (QED) is 0.321. The molecule has 2 N–H and O–H groups in total. The molecule has 9 heteroatoms. The summed E-state index contributed by atoms with van der Waals surface area (Å²) in [5.74, 6) is 1.03. The standard InChI is InChI=1S/C33H35N5O4/c39-31(37-16-12-33(41,13-17-37)21-38-22-35-30-27(32(38)40)10-14-34-30)26-11-15-36(20-28(26)23-6-2-1-3-7-23)19-25-18-24-8-4-5-9-29(24)42-25/h1-10,14,18,22,26,28,34,41H,11-13,15-17,19-21H2/t26-,28+/m1/s1. The Morgan fingerprint density at radius 3 is 2.64 bits per heavy atom. The molecule has 2 aliphatic rings. The summed E-state index contributed by atoms with van der Waals surface area (Å²) in [4.78, 5) is 38.4. The molecular formula is C33H35N5O4. The highest BCUT2D eigenvalue weighted by atomic mass is 16.3. The fourth-order valence-electron chi connectivity index (χ4n) is 6.77. The van der Waals surface area contributed by atoms with E-state index < -0.39 is 5.60 Å². The zero-order valence-electron chi connectivity index (χ0n) is 23.5. The molecule has 0 bridgehead atoms. The average molecular weight is 566 g/mol. The zero-order valence-corrected chi connectivity index (χ0v) is 23.5. The van der Waals surface area contributed by atoms with Crippen LogP contribution >= 0.6 is 0 Å². The monoisotopic (exact) mass is 565 g/mol. The number of hydrogen-bond donors (Lipinski definition) is 2. The van der Waals surface area contributed by atoms with E-state index in [0.29, 0.717) is 43.5 Å². The highest BCUT2D eigenvalue weighted by molar-refractivity contribution is 5.80. The third-order valence-corrected chi connectivity index (χ3v) is 9.11. The minimum absolute atomic E-state index is 0.0652. The Kier molecular flexibility index (Phi) is 6.91. The molecule has 42 heavy (non-hydrogen) atoms. The van der Waals surface area contributed by atoms with Gasteiger partial charge in [0.2, 0.25) is 5.91 Å². The number of rotatable bonds is 6. The second-order valence-electron chi connectivity index (χ2n) is 11.9. The number of hydrogen-bond acceptors (Lipinski definition) is 6. The van der Waals surface area contributed by atoms with Crippen molar-refractivity contribution in [2.75, 3.05) is 26.2 Å². The molecule has 3 aromatic heterocycles. The minimum Gasteiger partial charge on any atom is -0.460 e. The van der Waals surface area contributed by atoms with Gasteiger partial charge in [-0.1, -0.05) is 48.5 Å². The Morgan fingerprint density at radius 2 is 1.83 bits per heavy atom. The number of aromatic nitrogens is 3. The molecule has 0 radical (unpaired) electrons. The molecule has 2 aliphatic heterocycles. The summed E-state index contributed by atoms with van der Waals surface area (Å²) in [6, 6.07) is 22.2. The molecule has 1 amide bonds. The second kappa shape index (κ2) is 10.9. The van der Waals surface area contributed by atoms with Crippen molar-refractivity contribution in [1.82, 2.24) is 24.3 Å². The number of nitrogens with zero attached hydrogens (tertiary/aromatic N) is 4. The van der Waals surface area contributed by atoms with Crippen LogP contribution in [-0.2, 0) is 17.9 Å². The Morgan fingerprint density at radius 1 is 1.05 bits per heavy atom. The van der Waals surface area contributed by atoms with Crippen molar-refractivity contribution in [3.05, 3.63) is 101 Å². The number of aromatic amines is 1. The number of furan rings is 1. The van der Waals surface area contributed by atoms with Crippen LogP contribution in [0.5, 0.6) is 0 Å². The van der Waals surface area contributed by atoms with Crippen LogP contribution < -0.4 is 5.56 Å². The smallest absolute Gasteiger partial charge is 0.262 e. The van der Waals surface area contributed by atoms with E-state index in [2.05, 4.69) is 39.1 Å². The van der Waals surface area contributed by atoms with E-state index in [1.54, 1.807) is 12.3 Å². The van der Waals surface area contributed by atoms with E-state index in [1.807, 2.05) is 41.3 Å². The molecule has 216 valence electrons. The van der Waals surface area contributed by atoms with Gasteiger partial charge in [-0.25, -0.2) is 4.98 Å². The SMILES string of the molecule is O=C([C@@H]1CCN(Cc2cc3ccccc3o2)C[C@H]1c1ccccc1)N1CCC(O)(Cn2cnc3[nH]ccc3c2=O)CC1. The number of nitrogens with one attached hydrogen (secondary N) is 1. The molecule has 0 unspecified atom stereocenters. The molecule has 2 atom stereocenters. The fraction of sp³-hybridized carbons (Fsp3) is 0.364. The molecule has 2 saturated heterocycles. The van der Waals surface area contributed by atoms with E-state index in [9.17, 15) is 14.7 Å². The highest BCUT2D eigenvalue weighted by Crippen LogP contribution is 2.36. The van der Waals surface area contributed by atoms with Gasteiger partial charge in [-0.05, 0) is 49.6 Å². The summed E-state index contributed by atoms with van der Waals surface area (Å²) in [6.45, 7) is 3.38. The van der Waals surface area contributed by atoms with E-state index >= 15 is 0 Å². The van der Waals surface area contributed by atoms with Crippen LogP contribution in [-0.4, -0.2) is 67.1 Å². The van der Waals surface area contributed by atoms with Gasteiger partial charge in [-0.15, -0.1) is 0 Å². The predicted molar refractivity (Wildman–Crippen MR) is 160 cm³/mol. The maximum atomic E-state index is 14.0. The lowest BCUT2D eigenvalue weighted by molar-refractivity contribution is -0.142. The summed E-state index contributed by atoms with van der Waals surface area (Å²) in [6.07, 6.45) is 4.76. The zero-order chi connectivity index (χ0) is 28.7. The van der Waals surface area contributed by atoms with Gasteiger partial charge in [-0.3, -0.25) is 19.1 Å². The van der Waals surface area contributed by atoms with Crippen molar-refractivity contribution < 1.29 is 14.3 Å². The number of H-pyrrole nitrogens is 1. The third kappa shape index (κ3) is 5.14. The van der Waals surface area contributed by atoms with Gasteiger partial charge in [0.25, 0.3) is 5.56 Å². The molecule has 0 spiro atoms. The number of para-hydroxylation sites is 1. The fourth-order valence-corrected chi connectivity index (χ4v) is 6.77. The lowest BCUT2D eigenvalue weighted by atomic mass is 9.79. The second-order valence-corrected chi connectivity index (χ2v) is 11.9. The van der Waals surface area contributed by atoms with Crippen molar-refractivity contribution in [3.8, 4) is 0 Å². The van der Waals surface area contributed by atoms with Crippen molar-refractivity contribution >= 4 is 27.9 Å². The van der Waals surface area contributed by atoms with Crippen LogP contribution in [0.1, 0.15) is 36.5 Å². The van der Waals surface area contributed by atoms with Gasteiger partial charge >= 0.3 is 0 Å². The summed E-state index contributed by atoms with van der Waals surface area (Å²) in [7, 11) is 0. The summed E-state index contributed by atoms with van der Waals surface area (Å²) < 4.78 is 7.58. The Balaban J connectivity index is 1.04. The lowest BCUT2D eigenvalue weighted by Gasteiger charge is -2.43. The molecule has 2 aromatic carbocycles. The number of piperidine rings is 2. The first kappa shape index (κ1) is 26.7. The topological polar surface area (TPSA) is 108 Å². The Hall–Kier alpha value is -4.21. The Bertz CT molecular complexity index is 1730. The van der Waals surface area contributed by atoms with E-state index in [-0.39, 0.29) is 29.8 Å². The number of likely N-dealkylation sites (tertiary alicyclic amines) is 2. The van der Waals surface area contributed by atoms with Crippen LogP contribution in [0.3, 0.4) is 0 Å². The number of fused-ring (bicyclic) bond motifs is 2. The van der Waals surface area contributed by atoms with Crippen LogP contribution in [0.2, 0.25) is 0 Å². The molecule has 2 fully saturated rings. The molecule has 7 rings (SSSR count). The maximum absolute atomic E-state index is 14.0. The number of carbonyl (C=O) groups is 1. The van der Waals surface area contributed by atoms with E-state index in [4.69, 9.17) is 4.42 Å². The first-order chi connectivity index (χ1) is 20.5. The van der Waals surface area contributed by atoms with Crippen LogP contribution in [0, 0.1) is 5.92 Å². The van der Waals surface area contributed by atoms with Gasteiger partial charge in [0, 0.05) is 43.1 Å². The van der Waals surface area contributed by atoms with Crippen molar-refractivity contribution in [2.24, 2.45) is 5.92 Å². The van der Waals surface area contributed by atoms with Crippen LogP contribution in [0.25, 0.3) is 22.0 Å². The Labute approximate surface area is 243 Å². The number of aliphatic hydroxyl groups is 1. The first-order valence-corrected chi connectivity index (χ1v) is 14.7. The van der Waals surface area contributed by atoms with Gasteiger partial charge < -0.3 is 19.4 Å². The van der Waals surface area contributed by atoms with Crippen LogP contribution in [0.15, 0.2) is 88.5 Å². The van der Waals surface area contributed by atoms with Crippen molar-refractivity contribution in [3.63, 3.8) is 0 Å². The van der Waals surface area contributed by atoms with E-state index in [0.717, 1.165) is 36.2 Å². The maximum Gasteiger partial charge on any atom is 0.262 e. The molecule has 0 saturated carbocycles. The molecule has 5 aromatic rings. The van der Waals surface area contributed by atoms with Crippen molar-refractivity contribution in [2.45, 2.75) is 43.9 Å². The van der Waals surface area contributed by atoms with Gasteiger partial charge in [-0.2, -0.15) is 0 Å². The highest BCUT2D eigenvalue weighted by Gasteiger charge is 2.41. The molecular weight excluding hydrogens is 530 g/mol. The number of amides is 1. The van der Waals surface area contributed by atoms with Gasteiger partial charge in [0.1, 0.15) is 17.0 Å². The normalized spacial score (nSPS) is 21.2. The predicted octanol–water partition coefficient (Wildman–Crippen LogP) is 4.13. The van der Waals surface area contributed by atoms with Gasteiger partial charge in [0.05, 0.1) is 30.4 Å². The molecule has 0 aliphatic carbocycles. The largest absolute Gasteiger partial charge is 0.460 e. The molecule has 9 nitrogen and oxygen atoms in total. The number of benzene rings is 2. The first-order valence-electron chi connectivity index (χ1n) is 14.7.